The lowest BCUT2D eigenvalue weighted by molar-refractivity contribution is 0.0890. The number of aromatic nitrogens is 3. The molecule has 0 saturated heterocycles. The van der Waals surface area contributed by atoms with Crippen molar-refractivity contribution in [1.29, 1.82) is 0 Å². The number of amides is 2. The van der Waals surface area contributed by atoms with Gasteiger partial charge in [-0.3, -0.25) is 14.6 Å². The number of carbonyl (C=O) groups excluding carboxylic acids is 2. The molecule has 37 heavy (non-hydrogen) atoms. The number of nitrogens with zero attached hydrogens (tertiary/aromatic N) is 3. The van der Waals surface area contributed by atoms with E-state index in [1.807, 2.05) is 0 Å². The topological polar surface area (TPSA) is 109 Å². The summed E-state index contributed by atoms with van der Waals surface area (Å²) in [5.74, 6) is -2.73. The van der Waals surface area contributed by atoms with Crippen LogP contribution >= 0.6 is 11.6 Å². The summed E-state index contributed by atoms with van der Waals surface area (Å²) in [6, 6.07) is 14.7. The van der Waals surface area contributed by atoms with Crippen molar-refractivity contribution in [2.24, 2.45) is 0 Å². The van der Waals surface area contributed by atoms with E-state index in [-0.39, 0.29) is 39.9 Å². The normalized spacial score (nSPS) is 13.7. The Hall–Kier alpha value is -4.15. The number of halogens is 3. The van der Waals surface area contributed by atoms with Crippen molar-refractivity contribution in [1.82, 2.24) is 20.1 Å². The van der Waals surface area contributed by atoms with Gasteiger partial charge in [-0.1, -0.05) is 29.8 Å². The Labute approximate surface area is 214 Å². The van der Waals surface area contributed by atoms with Crippen LogP contribution in [0.1, 0.15) is 33.7 Å². The Morgan fingerprint density at radius 3 is 2.49 bits per heavy atom. The molecule has 1 saturated carbocycles. The van der Waals surface area contributed by atoms with Gasteiger partial charge in [0.2, 0.25) is 0 Å². The molecule has 2 aromatic heterocycles. The lowest BCUT2D eigenvalue weighted by Gasteiger charge is -2.12. The fraction of sp³-hybridized carbons (Fsp3) is 0.154. The highest BCUT2D eigenvalue weighted by molar-refractivity contribution is 6.34. The van der Waals surface area contributed by atoms with E-state index < -0.39 is 29.0 Å². The van der Waals surface area contributed by atoms with Crippen molar-refractivity contribution < 1.29 is 23.5 Å². The third-order valence-electron chi connectivity index (χ3n) is 5.90. The first-order valence-electron chi connectivity index (χ1n) is 11.3. The molecule has 5 rings (SSSR count). The molecule has 0 atom stereocenters. The van der Waals surface area contributed by atoms with E-state index in [4.69, 9.17) is 11.6 Å². The average molecular weight is 524 g/mol. The van der Waals surface area contributed by atoms with E-state index in [0.29, 0.717) is 18.5 Å². The van der Waals surface area contributed by atoms with Gasteiger partial charge >= 0.3 is 0 Å². The SMILES string of the molecule is O=C(NCC1(O)CC1)c1cc(NC(=O)c2cc(-c3ncccc3F)c(F)cc2Cl)n(-c2ccccc2)n1. The van der Waals surface area contributed by atoms with Gasteiger partial charge in [0, 0.05) is 24.4 Å². The molecule has 11 heteroatoms. The first kappa shape index (κ1) is 24.5. The van der Waals surface area contributed by atoms with Crippen molar-refractivity contribution in [2.45, 2.75) is 18.4 Å². The first-order chi connectivity index (χ1) is 17.7. The van der Waals surface area contributed by atoms with Gasteiger partial charge < -0.3 is 15.7 Å². The molecule has 8 nitrogen and oxygen atoms in total. The van der Waals surface area contributed by atoms with Gasteiger partial charge in [-0.2, -0.15) is 5.10 Å². The van der Waals surface area contributed by atoms with Crippen LogP contribution in [0.15, 0.2) is 66.9 Å². The summed E-state index contributed by atoms with van der Waals surface area (Å²) in [5.41, 5.74) is -0.966. The predicted octanol–water partition coefficient (Wildman–Crippen LogP) is 4.37. The van der Waals surface area contributed by atoms with Crippen LogP contribution < -0.4 is 10.6 Å². The average Bonchev–Trinajstić information content (AvgIpc) is 3.48. The summed E-state index contributed by atoms with van der Waals surface area (Å²) in [7, 11) is 0. The van der Waals surface area contributed by atoms with Crippen LogP contribution in [0.5, 0.6) is 0 Å². The van der Waals surface area contributed by atoms with Crippen LogP contribution in [-0.4, -0.2) is 43.8 Å². The standard InChI is InChI=1S/C26H20ClF2N5O3/c27-18-12-20(29)17(23-19(28)7-4-10-30-23)11-16(18)24(35)32-22-13-21(25(36)31-14-26(37)8-9-26)33-34(22)15-5-2-1-3-6-15/h1-7,10-13,37H,8-9,14H2,(H,31,36)(H,32,35). The fourth-order valence-electron chi connectivity index (χ4n) is 3.68. The molecule has 0 unspecified atom stereocenters. The molecule has 1 fully saturated rings. The van der Waals surface area contributed by atoms with Crippen molar-refractivity contribution in [3.8, 4) is 16.9 Å². The highest BCUT2D eigenvalue weighted by Crippen LogP contribution is 2.34. The number of rotatable bonds is 7. The first-order valence-corrected chi connectivity index (χ1v) is 11.7. The largest absolute Gasteiger partial charge is 0.388 e. The van der Waals surface area contributed by atoms with Crippen molar-refractivity contribution in [3.05, 3.63) is 94.8 Å². The van der Waals surface area contributed by atoms with Gasteiger partial charge in [0.15, 0.2) is 5.69 Å². The molecule has 188 valence electrons. The Balaban J connectivity index is 1.47. The molecular formula is C26H20ClF2N5O3. The van der Waals surface area contributed by atoms with Gasteiger partial charge in [-0.15, -0.1) is 0 Å². The molecule has 4 aromatic rings. The molecule has 1 aliphatic rings. The zero-order valence-electron chi connectivity index (χ0n) is 19.2. The van der Waals surface area contributed by atoms with E-state index in [1.165, 1.54) is 23.0 Å². The highest BCUT2D eigenvalue weighted by atomic mass is 35.5. The molecule has 0 aliphatic heterocycles. The minimum Gasteiger partial charge on any atom is -0.388 e. The molecule has 0 spiro atoms. The number of nitrogens with one attached hydrogen (secondary N) is 2. The lowest BCUT2D eigenvalue weighted by atomic mass is 10.1. The molecular weight excluding hydrogens is 504 g/mol. The monoisotopic (exact) mass is 523 g/mol. The molecule has 2 aromatic carbocycles. The quantitative estimate of drug-likeness (QED) is 0.333. The number of carbonyl (C=O) groups is 2. The summed E-state index contributed by atoms with van der Waals surface area (Å²) >= 11 is 6.17. The third-order valence-corrected chi connectivity index (χ3v) is 6.22. The zero-order valence-corrected chi connectivity index (χ0v) is 20.0. The maximum absolute atomic E-state index is 14.6. The Bertz CT molecular complexity index is 1510. The van der Waals surface area contributed by atoms with Gasteiger partial charge in [0.25, 0.3) is 11.8 Å². The number of hydrogen-bond acceptors (Lipinski definition) is 5. The van der Waals surface area contributed by atoms with Crippen molar-refractivity contribution >= 4 is 29.2 Å². The highest BCUT2D eigenvalue weighted by Gasteiger charge is 2.40. The van der Waals surface area contributed by atoms with Crippen LogP contribution in [-0.2, 0) is 0 Å². The maximum atomic E-state index is 14.6. The maximum Gasteiger partial charge on any atom is 0.271 e. The molecule has 2 amide bonds. The van der Waals surface area contributed by atoms with Crippen LogP contribution in [0.4, 0.5) is 14.6 Å². The van der Waals surface area contributed by atoms with Gasteiger partial charge in [-0.05, 0) is 49.2 Å². The second-order valence-corrected chi connectivity index (χ2v) is 9.08. The number of para-hydroxylation sites is 1. The van der Waals surface area contributed by atoms with Crippen LogP contribution in [0, 0.1) is 11.6 Å². The van der Waals surface area contributed by atoms with Gasteiger partial charge in [0.1, 0.15) is 23.1 Å². The second-order valence-electron chi connectivity index (χ2n) is 8.67. The van der Waals surface area contributed by atoms with E-state index in [2.05, 4.69) is 20.7 Å². The Morgan fingerprint density at radius 2 is 1.78 bits per heavy atom. The summed E-state index contributed by atoms with van der Waals surface area (Å²) < 4.78 is 30.2. The zero-order chi connectivity index (χ0) is 26.2. The predicted molar refractivity (Wildman–Crippen MR) is 133 cm³/mol. The summed E-state index contributed by atoms with van der Waals surface area (Å²) in [5, 5.41) is 19.4. The minimum absolute atomic E-state index is 0.00449. The van der Waals surface area contributed by atoms with E-state index in [9.17, 15) is 23.5 Å². The Kier molecular flexibility index (Phi) is 6.45. The van der Waals surface area contributed by atoms with Crippen LogP contribution in [0.3, 0.4) is 0 Å². The Morgan fingerprint density at radius 1 is 1.03 bits per heavy atom. The van der Waals surface area contributed by atoms with Crippen molar-refractivity contribution in [2.75, 3.05) is 11.9 Å². The fourth-order valence-corrected chi connectivity index (χ4v) is 3.91. The molecule has 3 N–H and O–H groups in total. The van der Waals surface area contributed by atoms with Crippen LogP contribution in [0.25, 0.3) is 16.9 Å². The molecule has 0 bridgehead atoms. The van der Waals surface area contributed by atoms with E-state index >= 15 is 0 Å². The number of hydrogen-bond donors (Lipinski definition) is 3. The molecule has 2 heterocycles. The van der Waals surface area contributed by atoms with Crippen molar-refractivity contribution in [3.63, 3.8) is 0 Å². The van der Waals surface area contributed by atoms with Gasteiger partial charge in [0.05, 0.1) is 21.9 Å². The summed E-state index contributed by atoms with van der Waals surface area (Å²) in [6.45, 7) is 0.0871. The molecule has 0 radical (unpaired) electrons. The summed E-state index contributed by atoms with van der Waals surface area (Å²) in [6.07, 6.45) is 2.52. The third kappa shape index (κ3) is 5.20. The minimum atomic E-state index is -0.890. The van der Waals surface area contributed by atoms with E-state index in [0.717, 1.165) is 18.2 Å². The van der Waals surface area contributed by atoms with E-state index in [1.54, 1.807) is 30.3 Å². The van der Waals surface area contributed by atoms with Gasteiger partial charge in [-0.25, -0.2) is 13.5 Å². The summed E-state index contributed by atoms with van der Waals surface area (Å²) in [4.78, 5) is 29.8. The number of pyridine rings is 1. The smallest absolute Gasteiger partial charge is 0.271 e. The molecule has 1 aliphatic carbocycles. The second kappa shape index (κ2) is 9.72. The lowest BCUT2D eigenvalue weighted by Crippen LogP contribution is -2.33. The van der Waals surface area contributed by atoms with Crippen LogP contribution in [0.2, 0.25) is 5.02 Å². The number of anilines is 1. The number of benzene rings is 2. The number of aliphatic hydroxyl groups is 1.